The molecule has 1 N–H and O–H groups in total. The van der Waals surface area contributed by atoms with Crippen molar-refractivity contribution in [1.82, 2.24) is 9.80 Å². The number of alkyl halides is 6. The fourth-order valence-electron chi connectivity index (χ4n) is 5.58. The first-order valence-corrected chi connectivity index (χ1v) is 15.6. The fourth-order valence-corrected chi connectivity index (χ4v) is 5.58. The molecule has 0 bridgehead atoms. The van der Waals surface area contributed by atoms with Crippen molar-refractivity contribution in [2.75, 3.05) is 32.8 Å². The van der Waals surface area contributed by atoms with Gasteiger partial charge in [0.2, 0.25) is 0 Å². The van der Waals surface area contributed by atoms with Crippen molar-refractivity contribution in [2.45, 2.75) is 143 Å². The van der Waals surface area contributed by atoms with Gasteiger partial charge in [0.15, 0.2) is 0 Å². The number of carbonyl (C=O) groups is 2. The van der Waals surface area contributed by atoms with Crippen LogP contribution in [-0.2, 0) is 9.47 Å². The third-order valence-electron chi connectivity index (χ3n) is 8.37. The number of nitrogens with zero attached hydrogens (tertiary/aromatic N) is 2. The Kier molecular flexibility index (Phi) is 14.6. The summed E-state index contributed by atoms with van der Waals surface area (Å²) < 4.78 is 84.2. The molecule has 0 aromatic heterocycles. The van der Waals surface area contributed by atoms with E-state index in [9.17, 15) is 41.0 Å². The largest absolute Gasteiger partial charge is 0.444 e. The molecule has 2 aliphatic heterocycles. The highest BCUT2D eigenvalue weighted by Crippen LogP contribution is 2.41. The SMILES string of the molecule is CC(C)(C)OC(=O)N1CCC(CO)(CCCC(F)(F)F)CC1.CCC1(CCCC(F)(F)F)CCN(C(=O)OC(C)(C)C)CC1. The summed E-state index contributed by atoms with van der Waals surface area (Å²) in [5, 5.41) is 9.57. The van der Waals surface area contributed by atoms with Crippen LogP contribution in [0, 0.1) is 10.8 Å². The topological polar surface area (TPSA) is 79.3 Å². The van der Waals surface area contributed by atoms with E-state index in [0.717, 1.165) is 19.3 Å². The summed E-state index contributed by atoms with van der Waals surface area (Å²) in [5.41, 5.74) is -1.67. The molecule has 0 aliphatic carbocycles. The maximum absolute atomic E-state index is 12.3. The minimum atomic E-state index is -4.16. The van der Waals surface area contributed by atoms with Gasteiger partial charge in [-0.3, -0.25) is 0 Å². The number of ether oxygens (including phenoxy) is 2. The summed E-state index contributed by atoms with van der Waals surface area (Å²) in [6.07, 6.45) is -6.08. The summed E-state index contributed by atoms with van der Waals surface area (Å²) in [7, 11) is 0. The summed E-state index contributed by atoms with van der Waals surface area (Å²) in [4.78, 5) is 27.2. The van der Waals surface area contributed by atoms with Crippen molar-refractivity contribution in [2.24, 2.45) is 10.8 Å². The van der Waals surface area contributed by atoms with E-state index in [-0.39, 0.29) is 31.0 Å². The van der Waals surface area contributed by atoms with E-state index in [1.165, 1.54) is 0 Å². The smallest absolute Gasteiger partial charge is 0.410 e. The minimum absolute atomic E-state index is 0.0104. The van der Waals surface area contributed by atoms with Crippen molar-refractivity contribution in [1.29, 1.82) is 0 Å². The molecule has 7 nitrogen and oxygen atoms in total. The molecule has 0 atom stereocenters. The molecule has 2 fully saturated rings. The first-order chi connectivity index (χ1) is 19.9. The molecule has 260 valence electrons. The van der Waals surface area contributed by atoms with E-state index < -0.39 is 47.9 Å². The number of hydrogen-bond donors (Lipinski definition) is 1. The van der Waals surface area contributed by atoms with Gasteiger partial charge in [-0.15, -0.1) is 0 Å². The third kappa shape index (κ3) is 15.9. The van der Waals surface area contributed by atoms with Crippen LogP contribution in [0.1, 0.15) is 119 Å². The van der Waals surface area contributed by atoms with Crippen molar-refractivity contribution >= 4 is 12.2 Å². The molecule has 13 heteroatoms. The van der Waals surface area contributed by atoms with E-state index in [1.807, 2.05) is 27.7 Å². The zero-order valence-corrected chi connectivity index (χ0v) is 27.6. The average molecular weight is 649 g/mol. The van der Waals surface area contributed by atoms with Crippen LogP contribution in [-0.4, -0.2) is 83.4 Å². The van der Waals surface area contributed by atoms with E-state index in [0.29, 0.717) is 51.9 Å². The van der Waals surface area contributed by atoms with Crippen molar-refractivity contribution in [3.8, 4) is 0 Å². The van der Waals surface area contributed by atoms with Crippen LogP contribution >= 0.6 is 0 Å². The zero-order chi connectivity index (χ0) is 34.0. The number of piperidine rings is 2. The second-order valence-corrected chi connectivity index (χ2v) is 14.4. The molecular weight excluding hydrogens is 594 g/mol. The van der Waals surface area contributed by atoms with Crippen molar-refractivity contribution in [3.05, 3.63) is 0 Å². The number of aliphatic hydroxyl groups is 1. The highest BCUT2D eigenvalue weighted by molar-refractivity contribution is 5.68. The molecule has 0 aromatic carbocycles. The number of rotatable bonds is 8. The van der Waals surface area contributed by atoms with Gasteiger partial charge in [-0.2, -0.15) is 26.3 Å². The predicted octanol–water partition coefficient (Wildman–Crippen LogP) is 8.87. The number of aliphatic hydroxyl groups excluding tert-OH is 1. The molecule has 44 heavy (non-hydrogen) atoms. The molecule has 0 saturated carbocycles. The Morgan fingerprint density at radius 2 is 0.977 bits per heavy atom. The fraction of sp³-hybridized carbons (Fsp3) is 0.935. The van der Waals surface area contributed by atoms with Crippen LogP contribution in [0.4, 0.5) is 35.9 Å². The van der Waals surface area contributed by atoms with Crippen molar-refractivity contribution in [3.63, 3.8) is 0 Å². The van der Waals surface area contributed by atoms with Crippen LogP contribution in [0.15, 0.2) is 0 Å². The first kappa shape index (κ1) is 40.1. The van der Waals surface area contributed by atoms with E-state index >= 15 is 0 Å². The molecule has 2 rings (SSSR count). The normalized spacial score (nSPS) is 19.1. The second-order valence-electron chi connectivity index (χ2n) is 14.4. The van der Waals surface area contributed by atoms with Crippen LogP contribution in [0.3, 0.4) is 0 Å². The van der Waals surface area contributed by atoms with Gasteiger partial charge in [0, 0.05) is 45.6 Å². The van der Waals surface area contributed by atoms with Crippen LogP contribution in [0.2, 0.25) is 0 Å². The highest BCUT2D eigenvalue weighted by Gasteiger charge is 2.39. The summed E-state index contributed by atoms with van der Waals surface area (Å²) in [6.45, 7) is 14.6. The lowest BCUT2D eigenvalue weighted by Gasteiger charge is -2.42. The maximum atomic E-state index is 12.3. The van der Waals surface area contributed by atoms with Crippen LogP contribution in [0.5, 0.6) is 0 Å². The molecule has 0 unspecified atom stereocenters. The van der Waals surface area contributed by atoms with Gasteiger partial charge < -0.3 is 24.4 Å². The number of carbonyl (C=O) groups excluding carboxylic acids is 2. The number of amides is 2. The lowest BCUT2D eigenvalue weighted by molar-refractivity contribution is -0.138. The lowest BCUT2D eigenvalue weighted by Crippen LogP contribution is -2.46. The van der Waals surface area contributed by atoms with Gasteiger partial charge in [-0.25, -0.2) is 9.59 Å². The summed E-state index contributed by atoms with van der Waals surface area (Å²) in [5.74, 6) is 0. The molecule has 2 amide bonds. The molecule has 0 spiro atoms. The van der Waals surface area contributed by atoms with Gasteiger partial charge >= 0.3 is 24.5 Å². The summed E-state index contributed by atoms with van der Waals surface area (Å²) in [6, 6.07) is 0. The third-order valence-corrected chi connectivity index (χ3v) is 8.37. The molecule has 2 aliphatic rings. The Morgan fingerprint density at radius 1 is 0.659 bits per heavy atom. The lowest BCUT2D eigenvalue weighted by atomic mass is 9.72. The number of likely N-dealkylation sites (tertiary alicyclic amines) is 2. The molecule has 2 heterocycles. The Bertz CT molecular complexity index is 808. The van der Waals surface area contributed by atoms with E-state index in [2.05, 4.69) is 0 Å². The average Bonchev–Trinajstić information content (AvgIpc) is 2.86. The minimum Gasteiger partial charge on any atom is -0.444 e. The Labute approximate surface area is 259 Å². The number of halogens is 6. The van der Waals surface area contributed by atoms with E-state index in [1.54, 1.807) is 30.6 Å². The molecule has 0 aromatic rings. The highest BCUT2D eigenvalue weighted by atomic mass is 19.4. The second kappa shape index (κ2) is 16.1. The predicted molar refractivity (Wildman–Crippen MR) is 156 cm³/mol. The Hall–Kier alpha value is -1.92. The van der Waals surface area contributed by atoms with Crippen LogP contribution in [0.25, 0.3) is 0 Å². The van der Waals surface area contributed by atoms with Gasteiger partial charge in [-0.1, -0.05) is 13.3 Å². The standard InChI is InChI=1S/C16H28F3NO2.C15H26F3NO3/c1-5-15(7-6-8-16(17,18)19)9-11-20(12-10-15)13(21)22-14(2,3)4;1-13(2,3)22-12(21)19-9-7-14(11-20,8-10-19)5-4-6-15(16,17)18/h5-12H2,1-4H3;20H,4-11H2,1-3H3. The molecule has 0 radical (unpaired) electrons. The van der Waals surface area contributed by atoms with Crippen molar-refractivity contribution < 1.29 is 50.5 Å². The maximum Gasteiger partial charge on any atom is 0.410 e. The number of hydrogen-bond acceptors (Lipinski definition) is 5. The monoisotopic (exact) mass is 648 g/mol. The molecule has 2 saturated heterocycles. The van der Waals surface area contributed by atoms with E-state index in [4.69, 9.17) is 9.47 Å². The van der Waals surface area contributed by atoms with Crippen LogP contribution < -0.4 is 0 Å². The quantitative estimate of drug-likeness (QED) is 0.266. The Balaban J connectivity index is 0.000000440. The summed E-state index contributed by atoms with van der Waals surface area (Å²) >= 11 is 0. The van der Waals surface area contributed by atoms with Gasteiger partial charge in [0.1, 0.15) is 11.2 Å². The van der Waals surface area contributed by atoms with Gasteiger partial charge in [0.05, 0.1) is 0 Å². The van der Waals surface area contributed by atoms with Gasteiger partial charge in [-0.05, 0) is 104 Å². The zero-order valence-electron chi connectivity index (χ0n) is 27.6. The van der Waals surface area contributed by atoms with Gasteiger partial charge in [0.25, 0.3) is 0 Å². The Morgan fingerprint density at radius 3 is 1.25 bits per heavy atom. The molecular formula is C31H54F6N2O5. The first-order valence-electron chi connectivity index (χ1n) is 15.6.